The molecule has 1 rings (SSSR count). The van der Waals surface area contributed by atoms with Gasteiger partial charge in [0.1, 0.15) is 0 Å². The Morgan fingerprint density at radius 2 is 1.74 bits per heavy atom. The van der Waals surface area contributed by atoms with Gasteiger partial charge in [-0.25, -0.2) is 0 Å². The van der Waals surface area contributed by atoms with Gasteiger partial charge in [-0.1, -0.05) is 26.0 Å². The zero-order chi connectivity index (χ0) is 14.6. The Morgan fingerprint density at radius 3 is 2.16 bits per heavy atom. The quantitative estimate of drug-likeness (QED) is 0.895. The highest BCUT2D eigenvalue weighted by Crippen LogP contribution is 2.29. The molecule has 19 heavy (non-hydrogen) atoms. The highest BCUT2D eigenvalue weighted by Gasteiger charge is 2.30. The molecule has 106 valence electrons. The molecule has 0 saturated heterocycles. The molecule has 1 aromatic carbocycles. The molecular formula is C14H18F3NO. The van der Waals surface area contributed by atoms with Crippen LogP contribution >= 0.6 is 0 Å². The molecule has 0 aromatic heterocycles. The van der Waals surface area contributed by atoms with E-state index in [4.69, 9.17) is 5.73 Å². The molecular weight excluding hydrogens is 255 g/mol. The normalized spacial score (nSPS) is 13.6. The minimum Gasteiger partial charge on any atom is -0.321 e. The van der Waals surface area contributed by atoms with E-state index in [2.05, 4.69) is 0 Å². The zero-order valence-corrected chi connectivity index (χ0v) is 11.0. The zero-order valence-electron chi connectivity index (χ0n) is 11.0. The largest absolute Gasteiger partial charge is 0.416 e. The summed E-state index contributed by atoms with van der Waals surface area (Å²) in [6.07, 6.45) is -3.69. The van der Waals surface area contributed by atoms with Crippen LogP contribution < -0.4 is 5.73 Å². The summed E-state index contributed by atoms with van der Waals surface area (Å²) >= 11 is 0. The predicted molar refractivity (Wildman–Crippen MR) is 67.6 cm³/mol. The maximum Gasteiger partial charge on any atom is 0.416 e. The summed E-state index contributed by atoms with van der Waals surface area (Å²) in [4.78, 5) is 11.8. The lowest BCUT2D eigenvalue weighted by Crippen LogP contribution is -2.33. The molecule has 0 amide bonds. The Hall–Kier alpha value is -1.36. The number of Topliss-reactive ketones (excluding diaryl/α,β-unsaturated/α-hetero) is 1. The van der Waals surface area contributed by atoms with Crippen LogP contribution in [-0.4, -0.2) is 11.8 Å². The monoisotopic (exact) mass is 273 g/mol. The number of halogens is 3. The predicted octanol–water partition coefficient (Wildman–Crippen LogP) is 3.19. The molecule has 0 aliphatic carbocycles. The second-order valence-corrected chi connectivity index (χ2v) is 5.07. The molecule has 0 aliphatic heterocycles. The van der Waals surface area contributed by atoms with Crippen molar-refractivity contribution in [3.05, 3.63) is 35.4 Å². The van der Waals surface area contributed by atoms with Crippen molar-refractivity contribution in [1.29, 1.82) is 0 Å². The summed E-state index contributed by atoms with van der Waals surface area (Å²) in [5, 5.41) is 0. The Balaban J connectivity index is 2.66. The van der Waals surface area contributed by atoms with Gasteiger partial charge in [-0.3, -0.25) is 4.79 Å². The van der Waals surface area contributed by atoms with E-state index in [0.29, 0.717) is 17.9 Å². The van der Waals surface area contributed by atoms with Gasteiger partial charge in [0.05, 0.1) is 11.6 Å². The van der Waals surface area contributed by atoms with Crippen molar-refractivity contribution < 1.29 is 18.0 Å². The standard InChI is InChI=1S/C14H18F3NO/c1-9(2)7-12(18)13(19)8-10-3-5-11(6-4-10)14(15,16)17/h3-6,9,12H,7-8,18H2,1-2H3. The Bertz CT molecular complexity index is 423. The average molecular weight is 273 g/mol. The summed E-state index contributed by atoms with van der Waals surface area (Å²) in [5.41, 5.74) is 5.58. The molecule has 0 spiro atoms. The van der Waals surface area contributed by atoms with E-state index in [-0.39, 0.29) is 12.2 Å². The van der Waals surface area contributed by atoms with Crippen molar-refractivity contribution in [2.45, 2.75) is 38.9 Å². The van der Waals surface area contributed by atoms with Crippen LogP contribution in [0.3, 0.4) is 0 Å². The lowest BCUT2D eigenvalue weighted by atomic mass is 9.96. The molecule has 0 fully saturated rings. The topological polar surface area (TPSA) is 43.1 Å². The van der Waals surface area contributed by atoms with Crippen molar-refractivity contribution in [2.75, 3.05) is 0 Å². The molecule has 2 N–H and O–H groups in total. The van der Waals surface area contributed by atoms with Crippen LogP contribution in [0.25, 0.3) is 0 Å². The van der Waals surface area contributed by atoms with Crippen molar-refractivity contribution in [1.82, 2.24) is 0 Å². The van der Waals surface area contributed by atoms with Crippen LogP contribution in [0.1, 0.15) is 31.4 Å². The number of rotatable bonds is 5. The third-order valence-electron chi connectivity index (χ3n) is 2.80. The molecule has 0 heterocycles. The SMILES string of the molecule is CC(C)CC(N)C(=O)Cc1ccc(C(F)(F)F)cc1. The highest BCUT2D eigenvalue weighted by molar-refractivity contribution is 5.85. The maximum atomic E-state index is 12.4. The van der Waals surface area contributed by atoms with E-state index in [1.165, 1.54) is 12.1 Å². The molecule has 1 atom stereocenters. The van der Waals surface area contributed by atoms with Crippen molar-refractivity contribution in [3.8, 4) is 0 Å². The maximum absolute atomic E-state index is 12.4. The van der Waals surface area contributed by atoms with Gasteiger partial charge < -0.3 is 5.73 Å². The molecule has 0 saturated carbocycles. The molecule has 2 nitrogen and oxygen atoms in total. The van der Waals surface area contributed by atoms with Gasteiger partial charge in [-0.2, -0.15) is 13.2 Å². The van der Waals surface area contributed by atoms with Gasteiger partial charge in [0.2, 0.25) is 0 Å². The van der Waals surface area contributed by atoms with Crippen molar-refractivity contribution in [3.63, 3.8) is 0 Å². The number of benzene rings is 1. The lowest BCUT2D eigenvalue weighted by Gasteiger charge is -2.13. The molecule has 0 radical (unpaired) electrons. The Labute approximate surface area is 110 Å². The minimum absolute atomic E-state index is 0.0754. The van der Waals surface area contributed by atoms with Crippen LogP contribution in [0, 0.1) is 5.92 Å². The van der Waals surface area contributed by atoms with Gasteiger partial charge in [0.15, 0.2) is 5.78 Å². The van der Waals surface area contributed by atoms with E-state index < -0.39 is 17.8 Å². The second kappa shape index (κ2) is 6.19. The first-order valence-electron chi connectivity index (χ1n) is 6.14. The van der Waals surface area contributed by atoms with Crippen LogP contribution in [0.15, 0.2) is 24.3 Å². The van der Waals surface area contributed by atoms with E-state index in [9.17, 15) is 18.0 Å². The summed E-state index contributed by atoms with van der Waals surface area (Å²) in [5.74, 6) is 0.167. The first kappa shape index (κ1) is 15.7. The van der Waals surface area contributed by atoms with Crippen molar-refractivity contribution >= 4 is 5.78 Å². The fraction of sp³-hybridized carbons (Fsp3) is 0.500. The van der Waals surface area contributed by atoms with Gasteiger partial charge in [-0.05, 0) is 30.0 Å². The third kappa shape index (κ3) is 5.03. The van der Waals surface area contributed by atoms with Gasteiger partial charge in [0, 0.05) is 6.42 Å². The van der Waals surface area contributed by atoms with Crippen molar-refractivity contribution in [2.24, 2.45) is 11.7 Å². The summed E-state index contributed by atoms with van der Waals surface area (Å²) < 4.78 is 37.1. The molecule has 1 unspecified atom stereocenters. The summed E-state index contributed by atoms with van der Waals surface area (Å²) in [6.45, 7) is 3.93. The molecule has 0 bridgehead atoms. The molecule has 0 aliphatic rings. The second-order valence-electron chi connectivity index (χ2n) is 5.07. The number of carbonyl (C=O) groups is 1. The summed E-state index contributed by atoms with van der Waals surface area (Å²) in [6, 6.07) is 4.06. The molecule has 5 heteroatoms. The Kier molecular flexibility index (Phi) is 5.11. The average Bonchev–Trinajstić information content (AvgIpc) is 2.27. The highest BCUT2D eigenvalue weighted by atomic mass is 19.4. The fourth-order valence-electron chi connectivity index (χ4n) is 1.78. The number of ketones is 1. The van der Waals surface area contributed by atoms with E-state index in [1.54, 1.807) is 0 Å². The first-order chi connectivity index (χ1) is 8.70. The van der Waals surface area contributed by atoms with E-state index >= 15 is 0 Å². The number of hydrogen-bond donors (Lipinski definition) is 1. The summed E-state index contributed by atoms with van der Waals surface area (Å²) in [7, 11) is 0. The minimum atomic E-state index is -4.35. The smallest absolute Gasteiger partial charge is 0.321 e. The number of alkyl halides is 3. The number of carbonyl (C=O) groups excluding carboxylic acids is 1. The van der Waals surface area contributed by atoms with Crippen LogP contribution in [0.2, 0.25) is 0 Å². The van der Waals surface area contributed by atoms with Gasteiger partial charge in [-0.15, -0.1) is 0 Å². The number of hydrogen-bond acceptors (Lipinski definition) is 2. The van der Waals surface area contributed by atoms with E-state index in [0.717, 1.165) is 12.1 Å². The van der Waals surface area contributed by atoms with Crippen LogP contribution in [0.4, 0.5) is 13.2 Å². The number of nitrogens with two attached hydrogens (primary N) is 1. The fourth-order valence-corrected chi connectivity index (χ4v) is 1.78. The Morgan fingerprint density at radius 1 is 1.21 bits per heavy atom. The van der Waals surface area contributed by atoms with Crippen LogP contribution in [-0.2, 0) is 17.4 Å². The lowest BCUT2D eigenvalue weighted by molar-refractivity contribution is -0.137. The molecule has 1 aromatic rings. The van der Waals surface area contributed by atoms with E-state index in [1.807, 2.05) is 13.8 Å². The van der Waals surface area contributed by atoms with Gasteiger partial charge in [0.25, 0.3) is 0 Å². The van der Waals surface area contributed by atoms with Crippen LogP contribution in [0.5, 0.6) is 0 Å². The van der Waals surface area contributed by atoms with Gasteiger partial charge >= 0.3 is 6.18 Å². The first-order valence-corrected chi connectivity index (χ1v) is 6.14. The third-order valence-corrected chi connectivity index (χ3v) is 2.80.